The lowest BCUT2D eigenvalue weighted by atomic mass is 9.66. The van der Waals surface area contributed by atoms with Crippen LogP contribution in [-0.4, -0.2) is 20.7 Å². The highest BCUT2D eigenvalue weighted by molar-refractivity contribution is 6.01. The Kier molecular flexibility index (Phi) is 4.88. The van der Waals surface area contributed by atoms with Gasteiger partial charge in [0.2, 0.25) is 0 Å². The molecule has 0 amide bonds. The summed E-state index contributed by atoms with van der Waals surface area (Å²) in [4.78, 5) is 27.1. The average molecular weight is 451 g/mol. The molecule has 0 aliphatic heterocycles. The van der Waals surface area contributed by atoms with Gasteiger partial charge in [0.05, 0.1) is 17.0 Å². The van der Waals surface area contributed by atoms with Gasteiger partial charge in [0.25, 0.3) is 0 Å². The number of rotatable bonds is 3. The highest BCUT2D eigenvalue weighted by atomic mass is 19.1. The Morgan fingerprint density at radius 1 is 1.12 bits per heavy atom. The number of carbonyl (C=O) groups is 1. The second-order valence-electron chi connectivity index (χ2n) is 9.56. The zero-order valence-corrected chi connectivity index (χ0v) is 18.8. The molecule has 0 spiro atoms. The Labute approximate surface area is 197 Å². The highest BCUT2D eigenvalue weighted by Gasteiger charge is 2.42. The van der Waals surface area contributed by atoms with E-state index in [-0.39, 0.29) is 34.9 Å². The van der Waals surface area contributed by atoms with Crippen LogP contribution in [0.25, 0.3) is 22.6 Å². The van der Waals surface area contributed by atoms with Crippen LogP contribution in [0.1, 0.15) is 55.0 Å². The van der Waals surface area contributed by atoms with Crippen LogP contribution in [0.2, 0.25) is 0 Å². The molecule has 34 heavy (non-hydrogen) atoms. The topological polar surface area (TPSA) is 79.5 Å². The number of carbonyl (C=O) groups excluding carboxylic acids is 1. The van der Waals surface area contributed by atoms with Gasteiger partial charge in [-0.1, -0.05) is 25.1 Å². The molecule has 168 valence electrons. The number of benzene rings is 1. The van der Waals surface area contributed by atoms with Crippen molar-refractivity contribution < 1.29 is 9.18 Å². The first-order valence-electron chi connectivity index (χ1n) is 11.8. The molecule has 1 saturated carbocycles. The van der Waals surface area contributed by atoms with Crippen LogP contribution in [0.3, 0.4) is 0 Å². The van der Waals surface area contributed by atoms with E-state index >= 15 is 0 Å². The summed E-state index contributed by atoms with van der Waals surface area (Å²) in [6, 6.07) is 12.7. The molecule has 0 N–H and O–H groups in total. The minimum absolute atomic E-state index is 0.0628. The van der Waals surface area contributed by atoms with E-state index in [2.05, 4.69) is 11.1 Å². The van der Waals surface area contributed by atoms with Gasteiger partial charge in [-0.25, -0.2) is 14.4 Å². The van der Waals surface area contributed by atoms with E-state index in [1.807, 2.05) is 25.1 Å². The molecule has 5 nitrogen and oxygen atoms in total. The Balaban J connectivity index is 1.59. The molecule has 1 fully saturated rings. The van der Waals surface area contributed by atoms with Gasteiger partial charge in [-0.2, -0.15) is 5.26 Å². The quantitative estimate of drug-likeness (QED) is 0.524. The number of allylic oxidation sites excluding steroid dienone is 2. The SMILES string of the molecule is CC1C(=O)C(C#N)=CC2c3nc(-c4ccnc(C5CC5)c4)nc(-c4ccccc4F)c3CCC12. The first kappa shape index (κ1) is 20.9. The Morgan fingerprint density at radius 2 is 1.94 bits per heavy atom. The second-order valence-corrected chi connectivity index (χ2v) is 9.56. The smallest absolute Gasteiger partial charge is 0.176 e. The summed E-state index contributed by atoms with van der Waals surface area (Å²) in [5, 5.41) is 9.58. The minimum Gasteiger partial charge on any atom is -0.293 e. The van der Waals surface area contributed by atoms with Crippen LogP contribution in [0, 0.1) is 29.0 Å². The molecule has 3 atom stereocenters. The lowest BCUT2D eigenvalue weighted by molar-refractivity contribution is -0.120. The van der Waals surface area contributed by atoms with E-state index < -0.39 is 0 Å². The summed E-state index contributed by atoms with van der Waals surface area (Å²) >= 11 is 0. The van der Waals surface area contributed by atoms with Crippen molar-refractivity contribution in [1.29, 1.82) is 5.26 Å². The second kappa shape index (κ2) is 7.95. The van der Waals surface area contributed by atoms with E-state index in [9.17, 15) is 14.4 Å². The van der Waals surface area contributed by atoms with Crippen molar-refractivity contribution in [3.8, 4) is 28.7 Å². The maximum atomic E-state index is 15.0. The zero-order valence-electron chi connectivity index (χ0n) is 18.8. The van der Waals surface area contributed by atoms with E-state index in [4.69, 9.17) is 9.97 Å². The lowest BCUT2D eigenvalue weighted by Gasteiger charge is -2.38. The van der Waals surface area contributed by atoms with Crippen LogP contribution in [0.4, 0.5) is 4.39 Å². The average Bonchev–Trinajstić information content (AvgIpc) is 3.71. The largest absolute Gasteiger partial charge is 0.293 e. The molecule has 2 heterocycles. The fourth-order valence-corrected chi connectivity index (χ4v) is 5.47. The molecule has 6 heteroatoms. The third-order valence-corrected chi connectivity index (χ3v) is 7.50. The molecule has 0 radical (unpaired) electrons. The third kappa shape index (κ3) is 3.35. The van der Waals surface area contributed by atoms with Gasteiger partial charge in [0.1, 0.15) is 11.9 Å². The van der Waals surface area contributed by atoms with E-state index in [0.29, 0.717) is 29.4 Å². The van der Waals surface area contributed by atoms with Gasteiger partial charge in [-0.3, -0.25) is 9.78 Å². The number of Topliss-reactive ketones (excluding diaryl/α,β-unsaturated/α-hetero) is 1. The highest BCUT2D eigenvalue weighted by Crippen LogP contribution is 2.47. The molecule has 0 saturated heterocycles. The van der Waals surface area contributed by atoms with Gasteiger partial charge in [0, 0.05) is 46.3 Å². The number of aromatic nitrogens is 3. The number of halogens is 1. The molecule has 3 aromatic rings. The monoisotopic (exact) mass is 450 g/mol. The number of hydrogen-bond donors (Lipinski definition) is 0. The fourth-order valence-electron chi connectivity index (χ4n) is 5.47. The van der Waals surface area contributed by atoms with Crippen molar-refractivity contribution >= 4 is 5.78 Å². The Bertz CT molecular complexity index is 1400. The minimum atomic E-state index is -0.328. The summed E-state index contributed by atoms with van der Waals surface area (Å²) in [5.41, 5.74) is 4.82. The van der Waals surface area contributed by atoms with Crippen molar-refractivity contribution in [2.45, 2.75) is 44.4 Å². The maximum Gasteiger partial charge on any atom is 0.176 e. The number of fused-ring (bicyclic) bond motifs is 3. The predicted molar refractivity (Wildman–Crippen MR) is 125 cm³/mol. The molecular weight excluding hydrogens is 427 g/mol. The molecule has 6 rings (SSSR count). The molecule has 2 aromatic heterocycles. The zero-order chi connectivity index (χ0) is 23.4. The van der Waals surface area contributed by atoms with E-state index in [1.165, 1.54) is 6.07 Å². The van der Waals surface area contributed by atoms with Crippen molar-refractivity contribution in [2.24, 2.45) is 11.8 Å². The first-order valence-corrected chi connectivity index (χ1v) is 11.8. The first-order chi connectivity index (χ1) is 16.5. The van der Waals surface area contributed by atoms with Crippen LogP contribution >= 0.6 is 0 Å². The lowest BCUT2D eigenvalue weighted by Crippen LogP contribution is -2.35. The van der Waals surface area contributed by atoms with Crippen molar-refractivity contribution in [3.05, 3.63) is 77.0 Å². The van der Waals surface area contributed by atoms with E-state index in [1.54, 1.807) is 24.4 Å². The number of nitrogens with zero attached hydrogens (tertiary/aromatic N) is 4. The van der Waals surface area contributed by atoms with Gasteiger partial charge in [0.15, 0.2) is 11.6 Å². The molecule has 3 aliphatic carbocycles. The van der Waals surface area contributed by atoms with Crippen LogP contribution < -0.4 is 0 Å². The standard InChI is InChI=1S/C28H23FN4O/c1-15-19-8-9-21-25(20-4-2-3-5-23(20)29)32-28(17-10-11-31-24(13-17)16-6-7-16)33-26(21)22(19)12-18(14-30)27(15)34/h2-5,10-13,15-16,19,22H,6-9H2,1H3. The van der Waals surface area contributed by atoms with Gasteiger partial charge in [-0.15, -0.1) is 0 Å². The maximum absolute atomic E-state index is 15.0. The summed E-state index contributed by atoms with van der Waals surface area (Å²) in [6.07, 6.45) is 7.27. The molecule has 1 aromatic carbocycles. The molecule has 3 unspecified atom stereocenters. The number of pyridine rings is 1. The summed E-state index contributed by atoms with van der Waals surface area (Å²) < 4.78 is 15.0. The summed E-state index contributed by atoms with van der Waals surface area (Å²) in [5.74, 6) is 0.216. The Hall–Kier alpha value is -3.72. The number of ketones is 1. The Morgan fingerprint density at radius 3 is 2.71 bits per heavy atom. The summed E-state index contributed by atoms with van der Waals surface area (Å²) in [7, 11) is 0. The molecule has 3 aliphatic rings. The van der Waals surface area contributed by atoms with Crippen LogP contribution in [0.5, 0.6) is 0 Å². The van der Waals surface area contributed by atoms with Crippen molar-refractivity contribution in [1.82, 2.24) is 15.0 Å². The predicted octanol–water partition coefficient (Wildman–Crippen LogP) is 5.54. The van der Waals surface area contributed by atoms with Crippen LogP contribution in [-0.2, 0) is 11.2 Å². The van der Waals surface area contributed by atoms with Crippen LogP contribution in [0.15, 0.2) is 54.2 Å². The third-order valence-electron chi connectivity index (χ3n) is 7.50. The molecule has 0 bridgehead atoms. The number of hydrogen-bond acceptors (Lipinski definition) is 5. The number of nitriles is 1. The van der Waals surface area contributed by atoms with Crippen molar-refractivity contribution in [2.75, 3.05) is 0 Å². The summed E-state index contributed by atoms with van der Waals surface area (Å²) in [6.45, 7) is 1.90. The van der Waals surface area contributed by atoms with Gasteiger partial charge < -0.3 is 0 Å². The van der Waals surface area contributed by atoms with Crippen molar-refractivity contribution in [3.63, 3.8) is 0 Å². The van der Waals surface area contributed by atoms with E-state index in [0.717, 1.165) is 41.8 Å². The van der Waals surface area contributed by atoms with Gasteiger partial charge in [-0.05, 0) is 55.9 Å². The fraction of sp³-hybridized carbons (Fsp3) is 0.321. The normalized spacial score (nSPS) is 23.5. The van der Waals surface area contributed by atoms with Gasteiger partial charge >= 0.3 is 0 Å². The molecular formula is C28H23FN4O.